The lowest BCUT2D eigenvalue weighted by Crippen LogP contribution is -2.20. The van der Waals surface area contributed by atoms with E-state index in [2.05, 4.69) is 10.0 Å². The number of hydrogen-bond acceptors (Lipinski definition) is 3. The van der Waals surface area contributed by atoms with Crippen molar-refractivity contribution in [3.8, 4) is 0 Å². The molecule has 0 spiro atoms. The van der Waals surface area contributed by atoms with Crippen LogP contribution in [0.3, 0.4) is 0 Å². The fourth-order valence-corrected chi connectivity index (χ4v) is 2.89. The van der Waals surface area contributed by atoms with E-state index in [4.69, 9.17) is 0 Å². The predicted molar refractivity (Wildman–Crippen MR) is 93.0 cm³/mol. The Kier molecular flexibility index (Phi) is 5.39. The highest BCUT2D eigenvalue weighted by atomic mass is 32.2. The molecule has 0 aliphatic rings. The molecule has 1 unspecified atom stereocenters. The molecule has 2 rings (SSSR count). The van der Waals surface area contributed by atoms with Gasteiger partial charge in [0.15, 0.2) is 0 Å². The van der Waals surface area contributed by atoms with E-state index in [9.17, 15) is 13.2 Å². The molecule has 1 amide bonds. The minimum Gasteiger partial charge on any atom is -0.326 e. The summed E-state index contributed by atoms with van der Waals surface area (Å²) in [6.07, 6.45) is 1.79. The van der Waals surface area contributed by atoms with Crippen molar-refractivity contribution < 1.29 is 13.2 Å². The Hall–Kier alpha value is -2.34. The molecule has 0 aliphatic carbocycles. The van der Waals surface area contributed by atoms with E-state index >= 15 is 0 Å². The van der Waals surface area contributed by atoms with Crippen LogP contribution >= 0.6 is 0 Å². The normalized spacial score (nSPS) is 12.4. The zero-order valence-electron chi connectivity index (χ0n) is 13.1. The molecule has 122 valence electrons. The fourth-order valence-electron chi connectivity index (χ4n) is 2.32. The van der Waals surface area contributed by atoms with Gasteiger partial charge in [0, 0.05) is 11.4 Å². The summed E-state index contributed by atoms with van der Waals surface area (Å²) in [5, 5.41) is 2.87. The second kappa shape index (κ2) is 7.28. The van der Waals surface area contributed by atoms with E-state index in [1.807, 2.05) is 37.3 Å². The molecule has 2 aromatic rings. The van der Waals surface area contributed by atoms with Gasteiger partial charge in [-0.05, 0) is 36.2 Å². The van der Waals surface area contributed by atoms with Gasteiger partial charge in [-0.3, -0.25) is 9.52 Å². The molecule has 2 aromatic carbocycles. The van der Waals surface area contributed by atoms with Gasteiger partial charge in [0.25, 0.3) is 0 Å². The molecule has 0 aromatic heterocycles. The Labute approximate surface area is 136 Å². The van der Waals surface area contributed by atoms with Crippen molar-refractivity contribution in [3.05, 3.63) is 60.2 Å². The third-order valence-corrected chi connectivity index (χ3v) is 3.99. The number of hydrogen-bond donors (Lipinski definition) is 2. The minimum absolute atomic E-state index is 0.0810. The zero-order chi connectivity index (χ0) is 16.9. The third-order valence-electron chi connectivity index (χ3n) is 3.38. The van der Waals surface area contributed by atoms with E-state index in [0.29, 0.717) is 17.8 Å². The van der Waals surface area contributed by atoms with Gasteiger partial charge < -0.3 is 5.32 Å². The molecule has 0 saturated heterocycles. The predicted octanol–water partition coefficient (Wildman–Crippen LogP) is 3.19. The summed E-state index contributed by atoms with van der Waals surface area (Å²) in [4.78, 5) is 12.4. The number of carbonyl (C=O) groups excluding carboxylic acids is 1. The summed E-state index contributed by atoms with van der Waals surface area (Å²) in [5.41, 5.74) is 2.06. The van der Waals surface area contributed by atoms with Crippen LogP contribution < -0.4 is 10.0 Å². The van der Waals surface area contributed by atoms with Crippen LogP contribution in [0.2, 0.25) is 0 Å². The maximum absolute atomic E-state index is 12.4. The Morgan fingerprint density at radius 3 is 2.09 bits per heavy atom. The fraction of sp³-hybridized carbons (Fsp3) is 0.235. The molecular weight excluding hydrogens is 312 g/mol. The lowest BCUT2D eigenvalue weighted by molar-refractivity contribution is -0.117. The molecule has 1 atom stereocenters. The molecule has 0 heterocycles. The SMILES string of the molecule is CCC(C(=O)Nc1ccc(NS(C)(=O)=O)cc1)c1ccccc1. The first-order valence-electron chi connectivity index (χ1n) is 7.32. The molecule has 23 heavy (non-hydrogen) atoms. The highest BCUT2D eigenvalue weighted by Gasteiger charge is 2.18. The van der Waals surface area contributed by atoms with E-state index in [-0.39, 0.29) is 11.8 Å². The van der Waals surface area contributed by atoms with Gasteiger partial charge in [0.1, 0.15) is 0 Å². The van der Waals surface area contributed by atoms with Crippen molar-refractivity contribution in [1.29, 1.82) is 0 Å². The standard InChI is InChI=1S/C17H20N2O3S/c1-3-16(13-7-5-4-6-8-13)17(20)18-14-9-11-15(12-10-14)19-23(2,21)22/h4-12,16,19H,3H2,1-2H3,(H,18,20). The Morgan fingerprint density at radius 2 is 1.57 bits per heavy atom. The molecular formula is C17H20N2O3S. The molecule has 6 heteroatoms. The summed E-state index contributed by atoms with van der Waals surface area (Å²) in [6, 6.07) is 16.2. The van der Waals surface area contributed by atoms with Crippen LogP contribution in [-0.2, 0) is 14.8 Å². The number of nitrogens with one attached hydrogen (secondary N) is 2. The Morgan fingerprint density at radius 1 is 1.00 bits per heavy atom. The van der Waals surface area contributed by atoms with Crippen LogP contribution in [-0.4, -0.2) is 20.6 Å². The molecule has 0 bridgehead atoms. The van der Waals surface area contributed by atoms with Crippen LogP contribution in [0.25, 0.3) is 0 Å². The maximum atomic E-state index is 12.4. The van der Waals surface area contributed by atoms with Crippen molar-refractivity contribution in [3.63, 3.8) is 0 Å². The second-order valence-corrected chi connectivity index (χ2v) is 7.06. The number of amides is 1. The maximum Gasteiger partial charge on any atom is 0.231 e. The van der Waals surface area contributed by atoms with Gasteiger partial charge >= 0.3 is 0 Å². The van der Waals surface area contributed by atoms with Gasteiger partial charge in [-0.25, -0.2) is 8.42 Å². The summed E-state index contributed by atoms with van der Waals surface area (Å²) in [7, 11) is -3.30. The number of sulfonamides is 1. The van der Waals surface area contributed by atoms with Gasteiger partial charge in [0.2, 0.25) is 15.9 Å². The quantitative estimate of drug-likeness (QED) is 0.853. The Bertz CT molecular complexity index is 756. The van der Waals surface area contributed by atoms with Crippen LogP contribution in [0.1, 0.15) is 24.8 Å². The van der Waals surface area contributed by atoms with E-state index < -0.39 is 10.0 Å². The Balaban J connectivity index is 2.07. The molecule has 0 saturated carbocycles. The van der Waals surface area contributed by atoms with Crippen LogP contribution in [0, 0.1) is 0 Å². The summed E-state index contributed by atoms with van der Waals surface area (Å²) in [5.74, 6) is -0.299. The summed E-state index contributed by atoms with van der Waals surface area (Å²) >= 11 is 0. The average Bonchev–Trinajstić information content (AvgIpc) is 2.50. The number of rotatable bonds is 6. The second-order valence-electron chi connectivity index (χ2n) is 5.31. The van der Waals surface area contributed by atoms with Gasteiger partial charge in [-0.15, -0.1) is 0 Å². The third kappa shape index (κ3) is 5.10. The summed E-state index contributed by atoms with van der Waals surface area (Å²) in [6.45, 7) is 1.97. The zero-order valence-corrected chi connectivity index (χ0v) is 13.9. The molecule has 0 aliphatic heterocycles. The van der Waals surface area contributed by atoms with Gasteiger partial charge in [-0.1, -0.05) is 37.3 Å². The largest absolute Gasteiger partial charge is 0.326 e. The van der Waals surface area contributed by atoms with Gasteiger partial charge in [0.05, 0.1) is 12.2 Å². The lowest BCUT2D eigenvalue weighted by atomic mass is 9.95. The molecule has 0 radical (unpaired) electrons. The van der Waals surface area contributed by atoms with Crippen LogP contribution in [0.15, 0.2) is 54.6 Å². The first-order chi connectivity index (χ1) is 10.9. The molecule has 5 nitrogen and oxygen atoms in total. The van der Waals surface area contributed by atoms with Crippen molar-refractivity contribution in [2.24, 2.45) is 0 Å². The average molecular weight is 332 g/mol. The van der Waals surface area contributed by atoms with E-state index in [1.54, 1.807) is 24.3 Å². The highest BCUT2D eigenvalue weighted by Crippen LogP contribution is 2.22. The van der Waals surface area contributed by atoms with Crippen molar-refractivity contribution in [2.75, 3.05) is 16.3 Å². The summed E-state index contributed by atoms with van der Waals surface area (Å²) < 4.78 is 24.7. The molecule has 0 fully saturated rings. The first-order valence-corrected chi connectivity index (χ1v) is 9.22. The first kappa shape index (κ1) is 17.0. The minimum atomic E-state index is -3.30. The topological polar surface area (TPSA) is 75.3 Å². The smallest absolute Gasteiger partial charge is 0.231 e. The number of carbonyl (C=O) groups is 1. The lowest BCUT2D eigenvalue weighted by Gasteiger charge is -2.15. The van der Waals surface area contributed by atoms with E-state index in [0.717, 1.165) is 11.8 Å². The number of anilines is 2. The number of benzene rings is 2. The molecule has 2 N–H and O–H groups in total. The van der Waals surface area contributed by atoms with Crippen LogP contribution in [0.5, 0.6) is 0 Å². The van der Waals surface area contributed by atoms with E-state index in [1.165, 1.54) is 0 Å². The van der Waals surface area contributed by atoms with Crippen molar-refractivity contribution in [2.45, 2.75) is 19.3 Å². The van der Waals surface area contributed by atoms with Crippen molar-refractivity contribution >= 4 is 27.3 Å². The van der Waals surface area contributed by atoms with Gasteiger partial charge in [-0.2, -0.15) is 0 Å². The van der Waals surface area contributed by atoms with Crippen LogP contribution in [0.4, 0.5) is 11.4 Å². The highest BCUT2D eigenvalue weighted by molar-refractivity contribution is 7.92. The van der Waals surface area contributed by atoms with Crippen molar-refractivity contribution in [1.82, 2.24) is 0 Å². The monoisotopic (exact) mass is 332 g/mol.